The molecule has 0 saturated carbocycles. The Bertz CT molecular complexity index is 619. The Hall–Kier alpha value is -1.27. The zero-order chi connectivity index (χ0) is 15.2. The molecule has 0 radical (unpaired) electrons. The number of thioether (sulfide) groups is 1. The summed E-state index contributed by atoms with van der Waals surface area (Å²) in [6.07, 6.45) is 3.04. The molecule has 0 spiro atoms. The van der Waals surface area contributed by atoms with Gasteiger partial charge in [0.1, 0.15) is 11.6 Å². The van der Waals surface area contributed by atoms with Crippen molar-refractivity contribution in [2.24, 2.45) is 0 Å². The Balaban J connectivity index is 2.28. The second-order valence-electron chi connectivity index (χ2n) is 4.61. The Morgan fingerprint density at radius 2 is 2.00 bits per heavy atom. The topological polar surface area (TPSA) is 49.8 Å². The van der Waals surface area contributed by atoms with Gasteiger partial charge in [-0.3, -0.25) is 0 Å². The van der Waals surface area contributed by atoms with Gasteiger partial charge in [-0.25, -0.2) is 9.97 Å². The van der Waals surface area contributed by atoms with Crippen molar-refractivity contribution in [2.45, 2.75) is 25.4 Å². The van der Waals surface area contributed by atoms with Crippen molar-refractivity contribution in [2.75, 3.05) is 23.4 Å². The molecule has 0 saturated heterocycles. The van der Waals surface area contributed by atoms with Gasteiger partial charge in [-0.15, -0.1) is 0 Å². The van der Waals surface area contributed by atoms with Crippen LogP contribution in [0.1, 0.15) is 18.9 Å². The molecule has 0 aliphatic heterocycles. The van der Waals surface area contributed by atoms with Gasteiger partial charge in [-0.1, -0.05) is 30.8 Å². The standard InChI is InChI=1S/C15H19BrN4S/c1-4-8-17-12-9-13(20-15(19-12)21-3)18-11-7-5-6-10(2)14(11)16/h5-7,9H,4,8H2,1-3H3,(H2,17,18,19,20). The van der Waals surface area contributed by atoms with Gasteiger partial charge in [0.05, 0.1) is 5.69 Å². The van der Waals surface area contributed by atoms with Gasteiger partial charge in [-0.2, -0.15) is 0 Å². The summed E-state index contributed by atoms with van der Waals surface area (Å²) in [4.78, 5) is 8.97. The van der Waals surface area contributed by atoms with Crippen LogP contribution < -0.4 is 10.6 Å². The fraction of sp³-hybridized carbons (Fsp3) is 0.333. The van der Waals surface area contributed by atoms with Crippen LogP contribution in [0.4, 0.5) is 17.3 Å². The Kier molecular flexibility index (Phi) is 5.87. The number of nitrogens with zero attached hydrogens (tertiary/aromatic N) is 2. The summed E-state index contributed by atoms with van der Waals surface area (Å²) in [5.74, 6) is 1.64. The van der Waals surface area contributed by atoms with Crippen molar-refractivity contribution < 1.29 is 0 Å². The summed E-state index contributed by atoms with van der Waals surface area (Å²) in [7, 11) is 0. The molecule has 2 aromatic rings. The van der Waals surface area contributed by atoms with Gasteiger partial charge in [0.15, 0.2) is 5.16 Å². The van der Waals surface area contributed by atoms with Crippen molar-refractivity contribution in [1.82, 2.24) is 9.97 Å². The van der Waals surface area contributed by atoms with Gasteiger partial charge >= 0.3 is 0 Å². The molecule has 2 N–H and O–H groups in total. The van der Waals surface area contributed by atoms with Crippen LogP contribution >= 0.6 is 27.7 Å². The van der Waals surface area contributed by atoms with Crippen LogP contribution in [0.5, 0.6) is 0 Å². The molecule has 4 nitrogen and oxygen atoms in total. The Morgan fingerprint density at radius 3 is 2.71 bits per heavy atom. The predicted octanol–water partition coefficient (Wildman–Crippen LogP) is 4.83. The maximum atomic E-state index is 4.51. The summed E-state index contributed by atoms with van der Waals surface area (Å²) in [5, 5.41) is 7.41. The van der Waals surface area contributed by atoms with E-state index in [-0.39, 0.29) is 0 Å². The molecular weight excluding hydrogens is 348 g/mol. The van der Waals surface area contributed by atoms with Crippen LogP contribution in [0, 0.1) is 6.92 Å². The van der Waals surface area contributed by atoms with E-state index in [0.29, 0.717) is 0 Å². The highest BCUT2D eigenvalue weighted by Crippen LogP contribution is 2.29. The Labute approximate surface area is 138 Å². The number of aryl methyl sites for hydroxylation is 1. The zero-order valence-corrected chi connectivity index (χ0v) is 14.8. The molecule has 6 heteroatoms. The largest absolute Gasteiger partial charge is 0.370 e. The number of hydrogen-bond donors (Lipinski definition) is 2. The molecule has 0 aliphatic rings. The van der Waals surface area contributed by atoms with Crippen LogP contribution in [0.2, 0.25) is 0 Å². The lowest BCUT2D eigenvalue weighted by atomic mass is 10.2. The highest BCUT2D eigenvalue weighted by Gasteiger charge is 2.07. The van der Waals surface area contributed by atoms with E-state index in [1.807, 2.05) is 24.5 Å². The molecular formula is C15H19BrN4S. The number of benzene rings is 1. The second-order valence-corrected chi connectivity index (χ2v) is 6.18. The van der Waals surface area contributed by atoms with E-state index in [1.54, 1.807) is 0 Å². The van der Waals surface area contributed by atoms with E-state index >= 15 is 0 Å². The van der Waals surface area contributed by atoms with E-state index in [0.717, 1.165) is 39.9 Å². The molecule has 0 amide bonds. The van der Waals surface area contributed by atoms with E-state index in [9.17, 15) is 0 Å². The van der Waals surface area contributed by atoms with E-state index < -0.39 is 0 Å². The molecule has 0 unspecified atom stereocenters. The highest BCUT2D eigenvalue weighted by atomic mass is 79.9. The minimum atomic E-state index is 0.752. The monoisotopic (exact) mass is 366 g/mol. The molecule has 112 valence electrons. The quantitative estimate of drug-likeness (QED) is 0.565. The van der Waals surface area contributed by atoms with Crippen LogP contribution in [0.15, 0.2) is 33.9 Å². The third-order valence-electron chi connectivity index (χ3n) is 2.90. The number of nitrogens with one attached hydrogen (secondary N) is 2. The van der Waals surface area contributed by atoms with Crippen LogP contribution in [-0.4, -0.2) is 22.8 Å². The minimum absolute atomic E-state index is 0.752. The summed E-state index contributed by atoms with van der Waals surface area (Å²) < 4.78 is 1.05. The fourth-order valence-electron chi connectivity index (χ4n) is 1.81. The lowest BCUT2D eigenvalue weighted by molar-refractivity contribution is 0.929. The first-order chi connectivity index (χ1) is 10.1. The van der Waals surface area contributed by atoms with E-state index in [2.05, 4.69) is 56.4 Å². The lowest BCUT2D eigenvalue weighted by Crippen LogP contribution is -2.05. The highest BCUT2D eigenvalue weighted by molar-refractivity contribution is 9.10. The predicted molar refractivity (Wildman–Crippen MR) is 94.8 cm³/mol. The first-order valence-electron chi connectivity index (χ1n) is 6.83. The SMILES string of the molecule is CCCNc1cc(Nc2cccc(C)c2Br)nc(SC)n1. The van der Waals surface area contributed by atoms with Crippen LogP contribution in [0.25, 0.3) is 0 Å². The third-order valence-corrected chi connectivity index (χ3v) is 4.50. The lowest BCUT2D eigenvalue weighted by Gasteiger charge is -2.12. The van der Waals surface area contributed by atoms with Gasteiger partial charge in [0.25, 0.3) is 0 Å². The van der Waals surface area contributed by atoms with Crippen molar-refractivity contribution in [3.63, 3.8) is 0 Å². The number of aromatic nitrogens is 2. The average molecular weight is 367 g/mol. The molecule has 2 rings (SSSR count). The molecule has 1 aromatic heterocycles. The van der Waals surface area contributed by atoms with Gasteiger partial charge in [-0.05, 0) is 47.2 Å². The van der Waals surface area contributed by atoms with Crippen molar-refractivity contribution in [1.29, 1.82) is 0 Å². The average Bonchev–Trinajstić information content (AvgIpc) is 2.49. The summed E-state index contributed by atoms with van der Waals surface area (Å²) in [6.45, 7) is 5.10. The van der Waals surface area contributed by atoms with Gasteiger partial charge < -0.3 is 10.6 Å². The molecule has 1 aromatic carbocycles. The van der Waals surface area contributed by atoms with Gasteiger partial charge in [0.2, 0.25) is 0 Å². The van der Waals surface area contributed by atoms with E-state index in [1.165, 1.54) is 17.3 Å². The summed E-state index contributed by atoms with van der Waals surface area (Å²) in [5.41, 5.74) is 2.19. The molecule has 0 atom stereocenters. The zero-order valence-electron chi connectivity index (χ0n) is 12.4. The maximum Gasteiger partial charge on any atom is 0.191 e. The number of hydrogen-bond acceptors (Lipinski definition) is 5. The molecule has 0 bridgehead atoms. The third kappa shape index (κ3) is 4.35. The minimum Gasteiger partial charge on any atom is -0.370 e. The van der Waals surface area contributed by atoms with Crippen molar-refractivity contribution in [3.8, 4) is 0 Å². The smallest absolute Gasteiger partial charge is 0.191 e. The maximum absolute atomic E-state index is 4.51. The summed E-state index contributed by atoms with van der Waals surface area (Å²) >= 11 is 5.14. The first-order valence-corrected chi connectivity index (χ1v) is 8.85. The first kappa shape index (κ1) is 16.1. The normalized spacial score (nSPS) is 10.5. The Morgan fingerprint density at radius 1 is 1.24 bits per heavy atom. The van der Waals surface area contributed by atoms with Gasteiger partial charge in [0, 0.05) is 17.1 Å². The fourth-order valence-corrected chi connectivity index (χ4v) is 2.55. The number of anilines is 3. The molecule has 21 heavy (non-hydrogen) atoms. The molecule has 1 heterocycles. The second kappa shape index (κ2) is 7.66. The van der Waals surface area contributed by atoms with Crippen LogP contribution in [0.3, 0.4) is 0 Å². The van der Waals surface area contributed by atoms with E-state index in [4.69, 9.17) is 0 Å². The van der Waals surface area contributed by atoms with Crippen LogP contribution in [-0.2, 0) is 0 Å². The number of halogens is 1. The van der Waals surface area contributed by atoms with Crippen molar-refractivity contribution in [3.05, 3.63) is 34.3 Å². The summed E-state index contributed by atoms with van der Waals surface area (Å²) in [6, 6.07) is 8.05. The molecule has 0 fully saturated rings. The number of rotatable bonds is 6. The molecule has 0 aliphatic carbocycles. The van der Waals surface area contributed by atoms with Crippen molar-refractivity contribution >= 4 is 45.0 Å².